The number of guanidine groups is 1. The van der Waals surface area contributed by atoms with E-state index in [0.29, 0.717) is 30.5 Å². The fourth-order valence-electron chi connectivity index (χ4n) is 2.21. The Morgan fingerprint density at radius 3 is 2.54 bits per heavy atom. The number of benzene rings is 1. The first kappa shape index (κ1) is 22.8. The van der Waals surface area contributed by atoms with Crippen LogP contribution in [0.4, 0.5) is 8.78 Å². The van der Waals surface area contributed by atoms with Crippen LogP contribution in [0.25, 0.3) is 0 Å². The highest BCUT2D eigenvalue weighted by Gasteiger charge is 2.11. The van der Waals surface area contributed by atoms with E-state index in [1.807, 2.05) is 19.2 Å². The molecule has 0 bridgehead atoms. The highest BCUT2D eigenvalue weighted by atomic mass is 127. The van der Waals surface area contributed by atoms with Crippen molar-refractivity contribution in [3.05, 3.63) is 51.5 Å². The van der Waals surface area contributed by atoms with Gasteiger partial charge in [0.05, 0.1) is 23.3 Å². The molecule has 1 heterocycles. The van der Waals surface area contributed by atoms with Crippen molar-refractivity contribution in [2.24, 2.45) is 4.99 Å². The molecule has 0 aliphatic carbocycles. The first-order chi connectivity index (χ1) is 11.9. The Hall–Kier alpha value is -1.29. The van der Waals surface area contributed by atoms with Crippen LogP contribution in [0.2, 0.25) is 0 Å². The Kier molecular flexibility index (Phi) is 9.42. The van der Waals surface area contributed by atoms with Gasteiger partial charge in [0.1, 0.15) is 0 Å². The third-order valence-electron chi connectivity index (χ3n) is 3.60. The summed E-state index contributed by atoms with van der Waals surface area (Å²) < 4.78 is 26.5. The number of aromatic nitrogens is 1. The van der Waals surface area contributed by atoms with Gasteiger partial charge in [0, 0.05) is 17.8 Å². The molecule has 144 valence electrons. The second-order valence-corrected chi connectivity index (χ2v) is 6.96. The molecule has 0 saturated heterocycles. The van der Waals surface area contributed by atoms with Gasteiger partial charge in [0.25, 0.3) is 0 Å². The fourth-order valence-corrected chi connectivity index (χ4v) is 3.04. The lowest BCUT2D eigenvalue weighted by Crippen LogP contribution is -2.38. The van der Waals surface area contributed by atoms with Crippen LogP contribution in [0.5, 0.6) is 0 Å². The van der Waals surface area contributed by atoms with Crippen LogP contribution in [-0.2, 0) is 6.54 Å². The van der Waals surface area contributed by atoms with Gasteiger partial charge in [-0.25, -0.2) is 18.8 Å². The molecular weight excluding hydrogens is 469 g/mol. The molecule has 1 unspecified atom stereocenters. The Bertz CT molecular complexity index is 734. The van der Waals surface area contributed by atoms with Gasteiger partial charge in [-0.3, -0.25) is 0 Å². The molecule has 0 spiro atoms. The first-order valence-electron chi connectivity index (χ1n) is 8.34. The molecule has 0 saturated carbocycles. The van der Waals surface area contributed by atoms with Gasteiger partial charge in [0.15, 0.2) is 17.6 Å². The maximum atomic E-state index is 13.4. The molecule has 2 N–H and O–H groups in total. The van der Waals surface area contributed by atoms with Gasteiger partial charge in [-0.2, -0.15) is 0 Å². The minimum absolute atomic E-state index is 0. The van der Waals surface area contributed by atoms with E-state index >= 15 is 0 Å². The summed E-state index contributed by atoms with van der Waals surface area (Å²) in [5.74, 6) is -0.681. The van der Waals surface area contributed by atoms with Gasteiger partial charge >= 0.3 is 0 Å². The summed E-state index contributed by atoms with van der Waals surface area (Å²) in [7, 11) is 0. The molecule has 1 atom stereocenters. The van der Waals surface area contributed by atoms with E-state index in [1.54, 1.807) is 17.4 Å². The van der Waals surface area contributed by atoms with E-state index in [2.05, 4.69) is 34.5 Å². The van der Waals surface area contributed by atoms with Crippen LogP contribution in [0.3, 0.4) is 0 Å². The Morgan fingerprint density at radius 2 is 1.96 bits per heavy atom. The van der Waals surface area contributed by atoms with E-state index in [-0.39, 0.29) is 30.0 Å². The quantitative estimate of drug-likeness (QED) is 0.339. The van der Waals surface area contributed by atoms with Gasteiger partial charge in [-0.15, -0.1) is 35.3 Å². The van der Waals surface area contributed by atoms with E-state index in [0.717, 1.165) is 16.8 Å². The maximum Gasteiger partial charge on any atom is 0.192 e. The van der Waals surface area contributed by atoms with Crippen LogP contribution < -0.4 is 10.6 Å². The molecule has 0 radical (unpaired) electrons. The standard InChI is InChI=1S/C18H24F2N4S.HI/c1-5-21-18(22-9-14-10-25-17(24-14)11(2)3)23-12(4)13-6-7-15(19)16(20)8-13;/h6-8,10-12H,5,9H2,1-4H3,(H2,21,22,23);1H. The summed E-state index contributed by atoms with van der Waals surface area (Å²) >= 11 is 1.64. The van der Waals surface area contributed by atoms with Gasteiger partial charge in [-0.1, -0.05) is 19.9 Å². The van der Waals surface area contributed by atoms with Crippen molar-refractivity contribution in [3.8, 4) is 0 Å². The predicted octanol–water partition coefficient (Wildman–Crippen LogP) is 4.98. The molecule has 0 fully saturated rings. The minimum atomic E-state index is -0.850. The van der Waals surface area contributed by atoms with Crippen molar-refractivity contribution in [3.63, 3.8) is 0 Å². The summed E-state index contributed by atoms with van der Waals surface area (Å²) in [6.07, 6.45) is 0. The number of hydrogen-bond acceptors (Lipinski definition) is 3. The van der Waals surface area contributed by atoms with E-state index in [4.69, 9.17) is 0 Å². The number of halogens is 3. The van der Waals surface area contributed by atoms with Crippen molar-refractivity contribution in [1.82, 2.24) is 15.6 Å². The van der Waals surface area contributed by atoms with Gasteiger partial charge in [0.2, 0.25) is 0 Å². The summed E-state index contributed by atoms with van der Waals surface area (Å²) in [6, 6.07) is 3.69. The summed E-state index contributed by atoms with van der Waals surface area (Å²) in [6.45, 7) is 9.23. The second-order valence-electron chi connectivity index (χ2n) is 6.07. The predicted molar refractivity (Wildman–Crippen MR) is 114 cm³/mol. The Morgan fingerprint density at radius 1 is 1.23 bits per heavy atom. The topological polar surface area (TPSA) is 49.3 Å². The number of hydrogen-bond donors (Lipinski definition) is 2. The lowest BCUT2D eigenvalue weighted by Gasteiger charge is -2.18. The third-order valence-corrected chi connectivity index (χ3v) is 4.80. The van der Waals surface area contributed by atoms with Crippen molar-refractivity contribution in [2.45, 2.75) is 46.2 Å². The average molecular weight is 494 g/mol. The molecule has 4 nitrogen and oxygen atoms in total. The summed E-state index contributed by atoms with van der Waals surface area (Å²) in [4.78, 5) is 9.10. The molecule has 8 heteroatoms. The number of nitrogens with one attached hydrogen (secondary N) is 2. The highest BCUT2D eigenvalue weighted by Crippen LogP contribution is 2.19. The zero-order valence-corrected chi connectivity index (χ0v) is 18.5. The van der Waals surface area contributed by atoms with Crippen LogP contribution in [-0.4, -0.2) is 17.5 Å². The largest absolute Gasteiger partial charge is 0.357 e. The molecule has 1 aromatic heterocycles. The SMILES string of the molecule is CCNC(=NCc1csc(C(C)C)n1)NC(C)c1ccc(F)c(F)c1.I. The normalized spacial score (nSPS) is 12.7. The first-order valence-corrected chi connectivity index (χ1v) is 9.22. The van der Waals surface area contributed by atoms with Crippen molar-refractivity contribution >= 4 is 41.3 Å². The zero-order valence-electron chi connectivity index (χ0n) is 15.3. The number of thiazole rings is 1. The Labute approximate surface area is 174 Å². The average Bonchev–Trinajstić information content (AvgIpc) is 3.04. The molecule has 0 aliphatic heterocycles. The maximum absolute atomic E-state index is 13.4. The van der Waals surface area contributed by atoms with Gasteiger partial charge < -0.3 is 10.6 Å². The van der Waals surface area contributed by atoms with E-state index < -0.39 is 11.6 Å². The number of rotatable bonds is 6. The second kappa shape index (κ2) is 10.8. The van der Waals surface area contributed by atoms with E-state index in [9.17, 15) is 8.78 Å². The molecular formula is C18H25F2IN4S. The van der Waals surface area contributed by atoms with Gasteiger partial charge in [-0.05, 0) is 31.5 Å². The zero-order chi connectivity index (χ0) is 18.4. The smallest absolute Gasteiger partial charge is 0.192 e. The van der Waals surface area contributed by atoms with Crippen molar-refractivity contribution < 1.29 is 8.78 Å². The molecule has 0 aliphatic rings. The number of aliphatic imine (C=N–C) groups is 1. The molecule has 1 aromatic carbocycles. The van der Waals surface area contributed by atoms with E-state index in [1.165, 1.54) is 6.07 Å². The fraction of sp³-hybridized carbons (Fsp3) is 0.444. The molecule has 26 heavy (non-hydrogen) atoms. The van der Waals surface area contributed by atoms with Crippen LogP contribution in [0.1, 0.15) is 55.9 Å². The summed E-state index contributed by atoms with van der Waals surface area (Å²) in [5, 5.41) is 9.47. The molecule has 2 rings (SSSR count). The van der Waals surface area contributed by atoms with Crippen molar-refractivity contribution in [2.75, 3.05) is 6.54 Å². The monoisotopic (exact) mass is 494 g/mol. The lowest BCUT2D eigenvalue weighted by atomic mass is 10.1. The summed E-state index contributed by atoms with van der Waals surface area (Å²) in [5.41, 5.74) is 1.58. The van der Waals surface area contributed by atoms with Crippen LogP contribution >= 0.6 is 35.3 Å². The highest BCUT2D eigenvalue weighted by molar-refractivity contribution is 14.0. The third kappa shape index (κ3) is 6.46. The Balaban J connectivity index is 0.00000338. The molecule has 0 amide bonds. The number of nitrogens with zero attached hydrogens (tertiary/aromatic N) is 2. The molecule has 2 aromatic rings. The van der Waals surface area contributed by atoms with Crippen LogP contribution in [0, 0.1) is 11.6 Å². The van der Waals surface area contributed by atoms with Crippen LogP contribution in [0.15, 0.2) is 28.6 Å². The van der Waals surface area contributed by atoms with Crippen molar-refractivity contribution in [1.29, 1.82) is 0 Å². The lowest BCUT2D eigenvalue weighted by molar-refractivity contribution is 0.504. The minimum Gasteiger partial charge on any atom is -0.357 e.